The molecule has 2 heterocycles. The molecule has 0 radical (unpaired) electrons. The highest BCUT2D eigenvalue weighted by molar-refractivity contribution is 5.88. The fourth-order valence-corrected chi connectivity index (χ4v) is 2.44. The predicted molar refractivity (Wildman–Crippen MR) is 82.4 cm³/mol. The maximum atomic E-state index is 11.3. The van der Waals surface area contributed by atoms with Gasteiger partial charge in [-0.05, 0) is 30.5 Å². The molecule has 3 aromatic rings. The second-order valence-electron chi connectivity index (χ2n) is 5.82. The van der Waals surface area contributed by atoms with E-state index in [0.29, 0.717) is 22.9 Å². The zero-order chi connectivity index (χ0) is 15.0. The third-order valence-electron chi connectivity index (χ3n) is 3.38. The zero-order valence-electron chi connectivity index (χ0n) is 12.5. The Morgan fingerprint density at radius 2 is 2.14 bits per heavy atom. The second-order valence-corrected chi connectivity index (χ2v) is 5.82. The minimum atomic E-state index is 0.468. The summed E-state index contributed by atoms with van der Waals surface area (Å²) in [5.41, 5.74) is 3.13. The highest BCUT2D eigenvalue weighted by Crippen LogP contribution is 2.29. The Morgan fingerprint density at radius 1 is 1.33 bits per heavy atom. The molecule has 2 aromatic heterocycles. The van der Waals surface area contributed by atoms with E-state index in [4.69, 9.17) is 4.42 Å². The number of aromatic nitrogens is 2. The topological polar surface area (TPSA) is 48.0 Å². The lowest BCUT2D eigenvalue weighted by Crippen LogP contribution is -2.04. The van der Waals surface area contributed by atoms with Gasteiger partial charge in [-0.2, -0.15) is 5.10 Å². The average Bonchev–Trinajstić information content (AvgIpc) is 3.00. The number of aldehydes is 1. The van der Waals surface area contributed by atoms with Gasteiger partial charge in [-0.15, -0.1) is 0 Å². The molecule has 1 aromatic carbocycles. The summed E-state index contributed by atoms with van der Waals surface area (Å²) in [6, 6.07) is 7.98. The van der Waals surface area contributed by atoms with Crippen molar-refractivity contribution in [2.45, 2.75) is 27.3 Å². The average molecular weight is 282 g/mol. The second kappa shape index (κ2) is 5.20. The van der Waals surface area contributed by atoms with Crippen LogP contribution in [-0.4, -0.2) is 16.1 Å². The van der Waals surface area contributed by atoms with Gasteiger partial charge in [0.15, 0.2) is 12.0 Å². The number of fused-ring (bicyclic) bond motifs is 1. The van der Waals surface area contributed by atoms with Gasteiger partial charge in [0.05, 0.1) is 5.56 Å². The van der Waals surface area contributed by atoms with Gasteiger partial charge < -0.3 is 4.42 Å². The molecule has 0 aliphatic carbocycles. The molecule has 0 aliphatic heterocycles. The van der Waals surface area contributed by atoms with Crippen LogP contribution >= 0.6 is 0 Å². The van der Waals surface area contributed by atoms with E-state index in [0.717, 1.165) is 29.4 Å². The van der Waals surface area contributed by atoms with Crippen LogP contribution in [0.25, 0.3) is 22.4 Å². The molecule has 0 N–H and O–H groups in total. The number of benzene rings is 1. The van der Waals surface area contributed by atoms with Gasteiger partial charge in [0.2, 0.25) is 0 Å². The predicted octanol–water partition coefficient (Wildman–Crippen LogP) is 4.07. The molecule has 3 rings (SSSR count). The molecule has 0 saturated carbocycles. The van der Waals surface area contributed by atoms with Crippen molar-refractivity contribution < 1.29 is 9.21 Å². The lowest BCUT2D eigenvalue weighted by Gasteiger charge is -2.03. The molecule has 0 spiro atoms. The highest BCUT2D eigenvalue weighted by Gasteiger charge is 2.15. The summed E-state index contributed by atoms with van der Waals surface area (Å²) in [5.74, 6) is 1.11. The van der Waals surface area contributed by atoms with Crippen LogP contribution in [0.3, 0.4) is 0 Å². The Kier molecular flexibility index (Phi) is 3.37. The Hall–Kier alpha value is -2.36. The summed E-state index contributed by atoms with van der Waals surface area (Å²) in [7, 11) is 0. The van der Waals surface area contributed by atoms with E-state index >= 15 is 0 Å². The first-order chi connectivity index (χ1) is 10.1. The number of rotatable bonds is 4. The van der Waals surface area contributed by atoms with E-state index in [9.17, 15) is 4.79 Å². The van der Waals surface area contributed by atoms with Crippen molar-refractivity contribution >= 4 is 17.3 Å². The van der Waals surface area contributed by atoms with Gasteiger partial charge in [0, 0.05) is 18.1 Å². The number of hydrogen-bond donors (Lipinski definition) is 0. The van der Waals surface area contributed by atoms with Crippen LogP contribution in [0, 0.1) is 12.8 Å². The summed E-state index contributed by atoms with van der Waals surface area (Å²) in [4.78, 5) is 11.3. The fraction of sp³-hybridized carbons (Fsp3) is 0.294. The van der Waals surface area contributed by atoms with Crippen LogP contribution in [0.1, 0.15) is 29.8 Å². The number of aryl methyl sites for hydroxylation is 1. The van der Waals surface area contributed by atoms with Crippen LogP contribution in [0.4, 0.5) is 0 Å². The monoisotopic (exact) mass is 282 g/mol. The van der Waals surface area contributed by atoms with Gasteiger partial charge in [0.1, 0.15) is 11.3 Å². The minimum absolute atomic E-state index is 0.468. The number of hydrogen-bond acceptors (Lipinski definition) is 3. The number of furan rings is 1. The van der Waals surface area contributed by atoms with Crippen LogP contribution < -0.4 is 0 Å². The molecule has 4 nitrogen and oxygen atoms in total. The number of carbonyl (C=O) groups is 1. The van der Waals surface area contributed by atoms with E-state index in [2.05, 4.69) is 18.9 Å². The standard InChI is InChI=1S/C17H18N2O2/c1-11(2)8-19-9-14(10-20)17(18-19)16-7-13-5-4-12(3)6-15(13)21-16/h4-7,9-11H,8H2,1-3H3. The highest BCUT2D eigenvalue weighted by atomic mass is 16.3. The Bertz CT molecular complexity index is 796. The quantitative estimate of drug-likeness (QED) is 0.678. The van der Waals surface area contributed by atoms with Crippen LogP contribution in [-0.2, 0) is 6.54 Å². The number of nitrogens with zero attached hydrogens (tertiary/aromatic N) is 2. The molecule has 0 aliphatic rings. The van der Waals surface area contributed by atoms with E-state index in [1.54, 1.807) is 6.20 Å². The summed E-state index contributed by atoms with van der Waals surface area (Å²) in [5, 5.41) is 5.52. The maximum absolute atomic E-state index is 11.3. The van der Waals surface area contributed by atoms with E-state index in [1.807, 2.05) is 35.9 Å². The molecule has 0 bridgehead atoms. The normalized spacial score (nSPS) is 11.4. The SMILES string of the molecule is Cc1ccc2cc(-c3nn(CC(C)C)cc3C=O)oc2c1. The van der Waals surface area contributed by atoms with E-state index in [-0.39, 0.29) is 0 Å². The van der Waals surface area contributed by atoms with Gasteiger partial charge in [0.25, 0.3) is 0 Å². The van der Waals surface area contributed by atoms with Crippen molar-refractivity contribution in [3.8, 4) is 11.5 Å². The zero-order valence-corrected chi connectivity index (χ0v) is 12.5. The van der Waals surface area contributed by atoms with Crippen LogP contribution in [0.15, 0.2) is 34.9 Å². The smallest absolute Gasteiger partial charge is 0.156 e. The summed E-state index contributed by atoms with van der Waals surface area (Å²) in [6.45, 7) is 7.04. The molecular weight excluding hydrogens is 264 g/mol. The van der Waals surface area contributed by atoms with Crippen molar-refractivity contribution in [2.75, 3.05) is 0 Å². The molecule has 0 unspecified atom stereocenters. The van der Waals surface area contributed by atoms with Crippen molar-refractivity contribution in [1.82, 2.24) is 9.78 Å². The number of carbonyl (C=O) groups excluding carboxylic acids is 1. The first kappa shape index (κ1) is 13.6. The maximum Gasteiger partial charge on any atom is 0.156 e. The molecule has 0 saturated heterocycles. The first-order valence-corrected chi connectivity index (χ1v) is 7.10. The Balaban J connectivity index is 2.08. The van der Waals surface area contributed by atoms with Crippen LogP contribution in [0.2, 0.25) is 0 Å². The minimum Gasteiger partial charge on any atom is -0.454 e. The Morgan fingerprint density at radius 3 is 2.86 bits per heavy atom. The fourth-order valence-electron chi connectivity index (χ4n) is 2.44. The molecule has 108 valence electrons. The molecular formula is C17H18N2O2. The molecule has 21 heavy (non-hydrogen) atoms. The summed E-state index contributed by atoms with van der Waals surface area (Å²) in [6.07, 6.45) is 2.61. The third-order valence-corrected chi connectivity index (χ3v) is 3.38. The molecule has 0 fully saturated rings. The van der Waals surface area contributed by atoms with Gasteiger partial charge in [-0.1, -0.05) is 26.0 Å². The summed E-state index contributed by atoms with van der Waals surface area (Å²) < 4.78 is 7.67. The van der Waals surface area contributed by atoms with Crippen molar-refractivity contribution in [3.63, 3.8) is 0 Å². The van der Waals surface area contributed by atoms with Crippen molar-refractivity contribution in [1.29, 1.82) is 0 Å². The molecule has 0 atom stereocenters. The summed E-state index contributed by atoms with van der Waals surface area (Å²) >= 11 is 0. The largest absolute Gasteiger partial charge is 0.454 e. The van der Waals surface area contributed by atoms with E-state index < -0.39 is 0 Å². The van der Waals surface area contributed by atoms with Crippen molar-refractivity contribution in [3.05, 3.63) is 41.6 Å². The first-order valence-electron chi connectivity index (χ1n) is 7.10. The van der Waals surface area contributed by atoms with Gasteiger partial charge in [-0.25, -0.2) is 0 Å². The lowest BCUT2D eigenvalue weighted by atomic mass is 10.2. The third kappa shape index (κ3) is 2.61. The molecule has 4 heteroatoms. The van der Waals surface area contributed by atoms with Gasteiger partial charge >= 0.3 is 0 Å². The van der Waals surface area contributed by atoms with Crippen LogP contribution in [0.5, 0.6) is 0 Å². The van der Waals surface area contributed by atoms with Gasteiger partial charge in [-0.3, -0.25) is 9.48 Å². The Labute approximate surface area is 123 Å². The van der Waals surface area contributed by atoms with E-state index in [1.165, 1.54) is 0 Å². The van der Waals surface area contributed by atoms with Crippen molar-refractivity contribution in [2.24, 2.45) is 5.92 Å². The molecule has 0 amide bonds. The lowest BCUT2D eigenvalue weighted by molar-refractivity contribution is 0.112.